The summed E-state index contributed by atoms with van der Waals surface area (Å²) in [5, 5.41) is 4.18. The quantitative estimate of drug-likeness (QED) is 0.676. The van der Waals surface area contributed by atoms with E-state index in [1.54, 1.807) is 0 Å². The van der Waals surface area contributed by atoms with Crippen LogP contribution < -0.4 is 0 Å². The molecule has 0 radical (unpaired) electrons. The molecule has 4 nitrogen and oxygen atoms in total. The lowest BCUT2D eigenvalue weighted by molar-refractivity contribution is 0.136. The molecule has 2 rings (SSSR count). The molecule has 0 amide bonds. The number of terminal acetylenes is 1. The Hall–Kier alpha value is -1.31. The topological polar surface area (TPSA) is 24.3 Å². The summed E-state index contributed by atoms with van der Waals surface area (Å²) in [7, 11) is 1.99. The maximum Gasteiger partial charge on any atom is 0.0599 e. The highest BCUT2D eigenvalue weighted by Crippen LogP contribution is 2.07. The van der Waals surface area contributed by atoms with Gasteiger partial charge in [0.2, 0.25) is 0 Å². The summed E-state index contributed by atoms with van der Waals surface area (Å²) in [5.41, 5.74) is 1.27. The smallest absolute Gasteiger partial charge is 0.0599 e. The fraction of sp³-hybridized carbons (Fsp3) is 0.583. The zero-order chi connectivity index (χ0) is 11.4. The van der Waals surface area contributed by atoms with Crippen molar-refractivity contribution in [3.05, 3.63) is 18.0 Å². The molecular formula is C12H18N4. The first-order valence-corrected chi connectivity index (χ1v) is 5.64. The largest absolute Gasteiger partial charge is 0.295 e. The predicted molar refractivity (Wildman–Crippen MR) is 63.8 cm³/mol. The van der Waals surface area contributed by atoms with Gasteiger partial charge in [-0.3, -0.25) is 14.5 Å². The van der Waals surface area contributed by atoms with Crippen LogP contribution in [0.15, 0.2) is 12.3 Å². The normalized spacial score (nSPS) is 18.5. The Morgan fingerprint density at radius 2 is 2.00 bits per heavy atom. The fourth-order valence-electron chi connectivity index (χ4n) is 2.02. The third kappa shape index (κ3) is 2.63. The maximum absolute atomic E-state index is 5.31. The van der Waals surface area contributed by atoms with Crippen LogP contribution in [-0.2, 0) is 13.6 Å². The van der Waals surface area contributed by atoms with Crippen molar-refractivity contribution in [1.82, 2.24) is 19.6 Å². The molecular weight excluding hydrogens is 200 g/mol. The monoisotopic (exact) mass is 218 g/mol. The van der Waals surface area contributed by atoms with E-state index in [-0.39, 0.29) is 0 Å². The third-order valence-corrected chi connectivity index (χ3v) is 3.09. The van der Waals surface area contributed by atoms with Crippen LogP contribution in [0.4, 0.5) is 0 Å². The number of hydrogen-bond acceptors (Lipinski definition) is 3. The second-order valence-electron chi connectivity index (χ2n) is 4.20. The Labute approximate surface area is 96.8 Å². The third-order valence-electron chi connectivity index (χ3n) is 3.09. The van der Waals surface area contributed by atoms with Gasteiger partial charge in [0.05, 0.1) is 12.2 Å². The van der Waals surface area contributed by atoms with Crippen molar-refractivity contribution in [2.45, 2.75) is 6.54 Å². The summed E-state index contributed by atoms with van der Waals surface area (Å²) in [5.74, 6) is 2.70. The van der Waals surface area contributed by atoms with Gasteiger partial charge in [0.1, 0.15) is 0 Å². The van der Waals surface area contributed by atoms with Gasteiger partial charge < -0.3 is 0 Å². The standard InChI is InChI=1S/C12H18N4/c1-3-6-15-7-9-16(10-8-15)11-12-4-5-13-14(12)2/h1,4-5H,6-11H2,2H3. The molecule has 0 aromatic carbocycles. The van der Waals surface area contributed by atoms with Crippen molar-refractivity contribution >= 4 is 0 Å². The lowest BCUT2D eigenvalue weighted by Crippen LogP contribution is -2.46. The molecule has 0 bridgehead atoms. The molecule has 4 heteroatoms. The van der Waals surface area contributed by atoms with Gasteiger partial charge in [0, 0.05) is 46.0 Å². The highest BCUT2D eigenvalue weighted by atomic mass is 15.3. The van der Waals surface area contributed by atoms with E-state index in [4.69, 9.17) is 6.42 Å². The van der Waals surface area contributed by atoms with E-state index in [1.165, 1.54) is 5.69 Å². The molecule has 0 unspecified atom stereocenters. The van der Waals surface area contributed by atoms with Gasteiger partial charge in [-0.15, -0.1) is 6.42 Å². The van der Waals surface area contributed by atoms with Crippen molar-refractivity contribution < 1.29 is 0 Å². The predicted octanol–water partition coefficient (Wildman–Crippen LogP) is 0.171. The maximum atomic E-state index is 5.31. The first kappa shape index (κ1) is 11.2. The second kappa shape index (κ2) is 5.15. The minimum absolute atomic E-state index is 0.777. The summed E-state index contributed by atoms with van der Waals surface area (Å²) >= 11 is 0. The van der Waals surface area contributed by atoms with Crippen LogP contribution in [0, 0.1) is 12.3 Å². The molecule has 0 spiro atoms. The van der Waals surface area contributed by atoms with Gasteiger partial charge in [-0.1, -0.05) is 5.92 Å². The van der Waals surface area contributed by atoms with Gasteiger partial charge in [-0.05, 0) is 6.07 Å². The molecule has 16 heavy (non-hydrogen) atoms. The number of aromatic nitrogens is 2. The number of nitrogens with zero attached hydrogens (tertiary/aromatic N) is 4. The van der Waals surface area contributed by atoms with E-state index in [2.05, 4.69) is 26.9 Å². The van der Waals surface area contributed by atoms with Crippen molar-refractivity contribution in [3.8, 4) is 12.3 Å². The fourth-order valence-corrected chi connectivity index (χ4v) is 2.02. The van der Waals surface area contributed by atoms with E-state index < -0.39 is 0 Å². The molecule has 1 aromatic rings. The average Bonchev–Trinajstić information content (AvgIpc) is 2.68. The number of hydrogen-bond donors (Lipinski definition) is 0. The Balaban J connectivity index is 1.82. The molecule has 86 valence electrons. The minimum atomic E-state index is 0.777. The van der Waals surface area contributed by atoms with Crippen LogP contribution in [0.2, 0.25) is 0 Å². The highest BCUT2D eigenvalue weighted by molar-refractivity contribution is 5.00. The molecule has 0 atom stereocenters. The van der Waals surface area contributed by atoms with Crippen LogP contribution in [0.1, 0.15) is 5.69 Å². The summed E-state index contributed by atoms with van der Waals surface area (Å²) < 4.78 is 1.94. The summed E-state index contributed by atoms with van der Waals surface area (Å²) in [6.45, 7) is 6.09. The second-order valence-corrected chi connectivity index (χ2v) is 4.20. The zero-order valence-electron chi connectivity index (χ0n) is 9.76. The van der Waals surface area contributed by atoms with Gasteiger partial charge in [-0.25, -0.2) is 0 Å². The summed E-state index contributed by atoms with van der Waals surface area (Å²) in [6, 6.07) is 2.08. The van der Waals surface area contributed by atoms with E-state index in [0.717, 1.165) is 39.3 Å². The van der Waals surface area contributed by atoms with Gasteiger partial charge >= 0.3 is 0 Å². The van der Waals surface area contributed by atoms with Gasteiger partial charge in [0.25, 0.3) is 0 Å². The lowest BCUT2D eigenvalue weighted by Gasteiger charge is -2.33. The Kier molecular flexibility index (Phi) is 3.60. The van der Waals surface area contributed by atoms with E-state index in [9.17, 15) is 0 Å². The first-order chi connectivity index (χ1) is 7.79. The number of aryl methyl sites for hydroxylation is 1. The SMILES string of the molecule is C#CCN1CCN(Cc2ccnn2C)CC1. The molecule has 1 aliphatic rings. The molecule has 2 heterocycles. The first-order valence-electron chi connectivity index (χ1n) is 5.64. The van der Waals surface area contributed by atoms with Crippen LogP contribution in [0.25, 0.3) is 0 Å². The molecule has 1 saturated heterocycles. The van der Waals surface area contributed by atoms with Gasteiger partial charge in [-0.2, -0.15) is 5.10 Å². The van der Waals surface area contributed by atoms with E-state index >= 15 is 0 Å². The lowest BCUT2D eigenvalue weighted by atomic mass is 10.3. The van der Waals surface area contributed by atoms with Crippen LogP contribution in [0.3, 0.4) is 0 Å². The minimum Gasteiger partial charge on any atom is -0.295 e. The number of piperazine rings is 1. The summed E-state index contributed by atoms with van der Waals surface area (Å²) in [4.78, 5) is 4.77. The Morgan fingerprint density at radius 3 is 2.56 bits per heavy atom. The van der Waals surface area contributed by atoms with E-state index in [0.29, 0.717) is 0 Å². The molecule has 1 fully saturated rings. The number of rotatable bonds is 3. The van der Waals surface area contributed by atoms with Crippen LogP contribution >= 0.6 is 0 Å². The van der Waals surface area contributed by atoms with Gasteiger partial charge in [0.15, 0.2) is 0 Å². The highest BCUT2D eigenvalue weighted by Gasteiger charge is 2.16. The van der Waals surface area contributed by atoms with Crippen molar-refractivity contribution in [2.75, 3.05) is 32.7 Å². The molecule has 0 saturated carbocycles. The molecule has 1 aromatic heterocycles. The molecule has 0 aliphatic carbocycles. The van der Waals surface area contributed by atoms with E-state index in [1.807, 2.05) is 17.9 Å². The van der Waals surface area contributed by atoms with Crippen molar-refractivity contribution in [3.63, 3.8) is 0 Å². The van der Waals surface area contributed by atoms with Crippen LogP contribution in [0.5, 0.6) is 0 Å². The molecule has 1 aliphatic heterocycles. The zero-order valence-corrected chi connectivity index (χ0v) is 9.76. The summed E-state index contributed by atoms with van der Waals surface area (Å²) in [6.07, 6.45) is 7.16. The van der Waals surface area contributed by atoms with Crippen molar-refractivity contribution in [1.29, 1.82) is 0 Å². The Morgan fingerprint density at radius 1 is 1.31 bits per heavy atom. The van der Waals surface area contributed by atoms with Crippen molar-refractivity contribution in [2.24, 2.45) is 7.05 Å². The average molecular weight is 218 g/mol. The van der Waals surface area contributed by atoms with Crippen LogP contribution in [-0.4, -0.2) is 52.3 Å². The molecule has 0 N–H and O–H groups in total. The Bertz CT molecular complexity index is 369.